The smallest absolute Gasteiger partial charge is 0.293 e. The van der Waals surface area contributed by atoms with E-state index in [9.17, 15) is 13.2 Å². The second-order valence-corrected chi connectivity index (χ2v) is 5.14. The van der Waals surface area contributed by atoms with Crippen LogP contribution in [0.2, 0.25) is 0 Å². The van der Waals surface area contributed by atoms with Crippen LogP contribution in [0.3, 0.4) is 0 Å². The lowest BCUT2D eigenvalue weighted by atomic mass is 10.0. The summed E-state index contributed by atoms with van der Waals surface area (Å²) in [4.78, 5) is 1.42. The van der Waals surface area contributed by atoms with Gasteiger partial charge in [-0.1, -0.05) is 26.7 Å². The highest BCUT2D eigenvalue weighted by Gasteiger charge is 2.42. The van der Waals surface area contributed by atoms with E-state index in [2.05, 4.69) is 0 Å². The molecular weight excluding hydrogens is 215 g/mol. The lowest BCUT2D eigenvalue weighted by Gasteiger charge is -2.33. The van der Waals surface area contributed by atoms with Gasteiger partial charge in [0.15, 0.2) is 0 Å². The van der Waals surface area contributed by atoms with E-state index in [4.69, 9.17) is 0 Å². The highest BCUT2D eigenvalue weighted by atomic mass is 19.4. The number of rotatable bonds is 6. The predicted molar refractivity (Wildman–Crippen MR) is 61.4 cm³/mol. The lowest BCUT2D eigenvalue weighted by Crippen LogP contribution is -2.46. The number of hydrogen-bond acceptors (Lipinski definition) is 1. The number of nitrogens with zero attached hydrogens (tertiary/aromatic N) is 1. The van der Waals surface area contributed by atoms with Crippen LogP contribution in [0.15, 0.2) is 0 Å². The highest BCUT2D eigenvalue weighted by Crippen LogP contribution is 2.29. The fourth-order valence-corrected chi connectivity index (χ4v) is 1.68. The normalized spacial score (nSPS) is 15.2. The first-order valence-electron chi connectivity index (χ1n) is 5.95. The highest BCUT2D eigenvalue weighted by molar-refractivity contribution is 4.78. The third kappa shape index (κ3) is 5.73. The van der Waals surface area contributed by atoms with Crippen LogP contribution in [-0.4, -0.2) is 30.2 Å². The Kier molecular flexibility index (Phi) is 6.38. The van der Waals surface area contributed by atoms with E-state index in [-0.39, 0.29) is 12.5 Å². The van der Waals surface area contributed by atoms with Crippen LogP contribution >= 0.6 is 0 Å². The molecule has 0 aromatic rings. The summed E-state index contributed by atoms with van der Waals surface area (Å²) in [7, 11) is 1.55. The third-order valence-corrected chi connectivity index (χ3v) is 2.94. The van der Waals surface area contributed by atoms with Crippen LogP contribution < -0.4 is 0 Å². The monoisotopic (exact) mass is 239 g/mol. The molecule has 0 radical (unpaired) electrons. The Balaban J connectivity index is 4.34. The molecule has 1 atom stereocenters. The molecule has 0 aliphatic heterocycles. The molecule has 0 aromatic carbocycles. The Bertz CT molecular complexity index is 187. The predicted octanol–water partition coefficient (Wildman–Crippen LogP) is 4.08. The van der Waals surface area contributed by atoms with Gasteiger partial charge < -0.3 is 0 Å². The molecule has 0 amide bonds. The summed E-state index contributed by atoms with van der Waals surface area (Å²) in [5.74, 6) is 0.471. The van der Waals surface area contributed by atoms with E-state index in [1.54, 1.807) is 20.9 Å². The molecule has 0 saturated heterocycles. The quantitative estimate of drug-likeness (QED) is 0.675. The molecular formula is C12H24F3N. The first kappa shape index (κ1) is 15.8. The van der Waals surface area contributed by atoms with E-state index in [1.807, 2.05) is 13.8 Å². The maximum Gasteiger partial charge on any atom is 0.404 e. The molecule has 0 bridgehead atoms. The van der Waals surface area contributed by atoms with Crippen molar-refractivity contribution in [3.05, 3.63) is 0 Å². The number of alkyl halides is 3. The van der Waals surface area contributed by atoms with E-state index < -0.39 is 12.2 Å². The van der Waals surface area contributed by atoms with Crippen molar-refractivity contribution in [1.82, 2.24) is 4.90 Å². The summed E-state index contributed by atoms with van der Waals surface area (Å²) in [5.41, 5.74) is 0. The Morgan fingerprint density at radius 1 is 1.00 bits per heavy atom. The third-order valence-electron chi connectivity index (χ3n) is 2.94. The Hall–Kier alpha value is -0.250. The van der Waals surface area contributed by atoms with Crippen molar-refractivity contribution in [2.75, 3.05) is 7.05 Å². The SMILES string of the molecule is CC(C)CCCC(N(C)C(C)C)C(F)(F)F. The van der Waals surface area contributed by atoms with Gasteiger partial charge in [0.1, 0.15) is 6.04 Å². The van der Waals surface area contributed by atoms with Crippen molar-refractivity contribution >= 4 is 0 Å². The van der Waals surface area contributed by atoms with Gasteiger partial charge in [-0.15, -0.1) is 0 Å². The maximum absolute atomic E-state index is 12.8. The van der Waals surface area contributed by atoms with Crippen LogP contribution in [0, 0.1) is 5.92 Å². The van der Waals surface area contributed by atoms with Gasteiger partial charge in [0.25, 0.3) is 0 Å². The van der Waals surface area contributed by atoms with Gasteiger partial charge in [-0.05, 0) is 33.2 Å². The Morgan fingerprint density at radius 2 is 1.50 bits per heavy atom. The average molecular weight is 239 g/mol. The topological polar surface area (TPSA) is 3.24 Å². The lowest BCUT2D eigenvalue weighted by molar-refractivity contribution is -0.186. The second-order valence-electron chi connectivity index (χ2n) is 5.14. The molecule has 0 aliphatic rings. The van der Waals surface area contributed by atoms with Crippen LogP contribution in [0.25, 0.3) is 0 Å². The molecule has 0 aromatic heterocycles. The molecule has 4 heteroatoms. The van der Waals surface area contributed by atoms with Gasteiger partial charge in [-0.2, -0.15) is 13.2 Å². The van der Waals surface area contributed by atoms with Crippen molar-refractivity contribution in [3.63, 3.8) is 0 Å². The summed E-state index contributed by atoms with van der Waals surface area (Å²) in [6.45, 7) is 7.66. The van der Waals surface area contributed by atoms with Gasteiger partial charge in [0, 0.05) is 6.04 Å². The molecule has 98 valence electrons. The summed E-state index contributed by atoms with van der Waals surface area (Å²) < 4.78 is 38.4. The van der Waals surface area contributed by atoms with Crippen LogP contribution in [0.5, 0.6) is 0 Å². The molecule has 1 unspecified atom stereocenters. The van der Waals surface area contributed by atoms with Crippen molar-refractivity contribution in [2.45, 2.75) is 65.2 Å². The van der Waals surface area contributed by atoms with Gasteiger partial charge >= 0.3 is 6.18 Å². The summed E-state index contributed by atoms with van der Waals surface area (Å²) in [6.07, 6.45) is -2.41. The zero-order chi connectivity index (χ0) is 12.9. The molecule has 1 nitrogen and oxygen atoms in total. The molecule has 0 rings (SSSR count). The minimum atomic E-state index is -4.12. The van der Waals surface area contributed by atoms with Crippen LogP contribution in [-0.2, 0) is 0 Å². The number of hydrogen-bond donors (Lipinski definition) is 0. The van der Waals surface area contributed by atoms with Crippen molar-refractivity contribution in [2.24, 2.45) is 5.92 Å². The molecule has 0 heterocycles. The van der Waals surface area contributed by atoms with Crippen LogP contribution in [0.1, 0.15) is 47.0 Å². The van der Waals surface area contributed by atoms with Crippen molar-refractivity contribution < 1.29 is 13.2 Å². The van der Waals surface area contributed by atoms with E-state index in [1.165, 1.54) is 4.90 Å². The van der Waals surface area contributed by atoms with Gasteiger partial charge in [0.2, 0.25) is 0 Å². The Morgan fingerprint density at radius 3 is 1.81 bits per heavy atom. The minimum absolute atomic E-state index is 0.0781. The fraction of sp³-hybridized carbons (Fsp3) is 1.00. The molecule has 0 fully saturated rings. The minimum Gasteiger partial charge on any atom is -0.293 e. The molecule has 16 heavy (non-hydrogen) atoms. The molecule has 0 N–H and O–H groups in total. The maximum atomic E-state index is 12.8. The zero-order valence-electron chi connectivity index (χ0n) is 10.9. The molecule has 0 saturated carbocycles. The first-order valence-corrected chi connectivity index (χ1v) is 5.95. The van der Waals surface area contributed by atoms with Crippen LogP contribution in [0.4, 0.5) is 13.2 Å². The van der Waals surface area contributed by atoms with Gasteiger partial charge in [-0.3, -0.25) is 4.90 Å². The van der Waals surface area contributed by atoms with Crippen molar-refractivity contribution in [3.8, 4) is 0 Å². The Labute approximate surface area is 97.0 Å². The van der Waals surface area contributed by atoms with Gasteiger partial charge in [-0.25, -0.2) is 0 Å². The number of halogens is 3. The summed E-state index contributed by atoms with van der Waals surface area (Å²) >= 11 is 0. The van der Waals surface area contributed by atoms with E-state index in [0.29, 0.717) is 12.3 Å². The van der Waals surface area contributed by atoms with Gasteiger partial charge in [0.05, 0.1) is 0 Å². The first-order chi connectivity index (χ1) is 7.16. The van der Waals surface area contributed by atoms with Crippen molar-refractivity contribution in [1.29, 1.82) is 0 Å². The van der Waals surface area contributed by atoms with E-state index in [0.717, 1.165) is 6.42 Å². The average Bonchev–Trinajstić information content (AvgIpc) is 2.08. The molecule has 0 spiro atoms. The summed E-state index contributed by atoms with van der Waals surface area (Å²) in [5, 5.41) is 0. The standard InChI is InChI=1S/C12H24F3N/c1-9(2)7-6-8-11(12(13,14)15)16(5)10(3)4/h9-11H,6-8H2,1-5H3. The van der Waals surface area contributed by atoms with E-state index >= 15 is 0 Å². The molecule has 0 aliphatic carbocycles. The summed E-state index contributed by atoms with van der Waals surface area (Å²) in [6, 6.07) is -1.38. The second kappa shape index (κ2) is 6.48. The largest absolute Gasteiger partial charge is 0.404 e. The fourth-order valence-electron chi connectivity index (χ4n) is 1.68. The zero-order valence-corrected chi connectivity index (χ0v) is 10.9.